The molecule has 0 amide bonds. The van der Waals surface area contributed by atoms with Gasteiger partial charge in [-0.1, -0.05) is 6.58 Å². The van der Waals surface area contributed by atoms with E-state index in [-0.39, 0.29) is 0 Å². The summed E-state index contributed by atoms with van der Waals surface area (Å²) in [6.45, 7) is 10.7. The molecule has 0 aromatic heterocycles. The molecular formula is C8H14N2O2. The Hall–Kier alpha value is -1.58. The monoisotopic (exact) mass is 170 g/mol. The number of rotatable bonds is 6. The summed E-state index contributed by atoms with van der Waals surface area (Å²) in [6, 6.07) is 0. The Kier molecular flexibility index (Phi) is 4.45. The van der Waals surface area contributed by atoms with Crippen LogP contribution < -0.4 is 10.6 Å². The van der Waals surface area contributed by atoms with Crippen LogP contribution in [0.2, 0.25) is 0 Å². The van der Waals surface area contributed by atoms with Gasteiger partial charge >= 0.3 is 0 Å². The van der Waals surface area contributed by atoms with E-state index in [4.69, 9.17) is 9.47 Å². The van der Waals surface area contributed by atoms with Crippen LogP contribution in [0.3, 0.4) is 0 Å². The minimum absolute atomic E-state index is 0.399. The lowest BCUT2D eigenvalue weighted by Gasteiger charge is -2.13. The first-order valence-electron chi connectivity index (χ1n) is 3.29. The van der Waals surface area contributed by atoms with Gasteiger partial charge in [0.1, 0.15) is 5.82 Å². The van der Waals surface area contributed by atoms with Crippen molar-refractivity contribution >= 4 is 0 Å². The molecule has 0 fully saturated rings. The molecule has 0 rings (SSSR count). The average molecular weight is 170 g/mol. The van der Waals surface area contributed by atoms with Gasteiger partial charge in [0.15, 0.2) is 11.8 Å². The Morgan fingerprint density at radius 2 is 1.25 bits per heavy atom. The van der Waals surface area contributed by atoms with Crippen molar-refractivity contribution in [3.8, 4) is 0 Å². The van der Waals surface area contributed by atoms with E-state index < -0.39 is 0 Å². The Morgan fingerprint density at radius 3 is 1.50 bits per heavy atom. The highest BCUT2D eigenvalue weighted by Crippen LogP contribution is 1.91. The SMILES string of the molecule is C=C(NC(=C)OC)NC(=C)OC. The van der Waals surface area contributed by atoms with Gasteiger partial charge in [-0.25, -0.2) is 0 Å². The molecule has 0 spiro atoms. The second kappa shape index (κ2) is 5.12. The maximum Gasteiger partial charge on any atom is 0.184 e. The second-order valence-corrected chi connectivity index (χ2v) is 1.98. The minimum atomic E-state index is 0.399. The fourth-order valence-electron chi connectivity index (χ4n) is 0.470. The summed E-state index contributed by atoms with van der Waals surface area (Å²) >= 11 is 0. The first-order valence-corrected chi connectivity index (χ1v) is 3.29. The average Bonchev–Trinajstić information content (AvgIpc) is 2.03. The van der Waals surface area contributed by atoms with E-state index in [0.29, 0.717) is 17.6 Å². The van der Waals surface area contributed by atoms with Crippen molar-refractivity contribution in [2.75, 3.05) is 14.2 Å². The highest BCUT2D eigenvalue weighted by atomic mass is 16.5. The third kappa shape index (κ3) is 4.27. The first-order chi connectivity index (χ1) is 5.60. The maximum atomic E-state index is 4.76. The summed E-state index contributed by atoms with van der Waals surface area (Å²) in [5.41, 5.74) is 0. The number of nitrogens with one attached hydrogen (secondary N) is 2. The molecule has 0 unspecified atom stereocenters. The predicted octanol–water partition coefficient (Wildman–Crippen LogP) is 0.872. The van der Waals surface area contributed by atoms with Crippen LogP contribution >= 0.6 is 0 Å². The summed E-state index contributed by atoms with van der Waals surface area (Å²) in [7, 11) is 3.02. The van der Waals surface area contributed by atoms with Gasteiger partial charge in [-0.15, -0.1) is 0 Å². The van der Waals surface area contributed by atoms with Crippen LogP contribution in [0.15, 0.2) is 37.3 Å². The number of hydrogen-bond acceptors (Lipinski definition) is 4. The molecule has 4 nitrogen and oxygen atoms in total. The lowest BCUT2D eigenvalue weighted by atomic mass is 10.7. The fraction of sp³-hybridized carbons (Fsp3) is 0.250. The van der Waals surface area contributed by atoms with E-state index in [1.807, 2.05) is 0 Å². The molecule has 0 bridgehead atoms. The van der Waals surface area contributed by atoms with Crippen molar-refractivity contribution in [1.82, 2.24) is 10.6 Å². The van der Waals surface area contributed by atoms with E-state index in [9.17, 15) is 0 Å². The third-order valence-corrected chi connectivity index (χ3v) is 1.07. The Balaban J connectivity index is 3.74. The van der Waals surface area contributed by atoms with Crippen molar-refractivity contribution in [2.45, 2.75) is 0 Å². The largest absolute Gasteiger partial charge is 0.483 e. The lowest BCUT2D eigenvalue weighted by Crippen LogP contribution is -2.25. The Bertz CT molecular complexity index is 179. The van der Waals surface area contributed by atoms with Crippen LogP contribution in [0.1, 0.15) is 0 Å². The Labute approximate surface area is 72.6 Å². The molecule has 0 aliphatic heterocycles. The van der Waals surface area contributed by atoms with Gasteiger partial charge in [0, 0.05) is 0 Å². The van der Waals surface area contributed by atoms with Crippen molar-refractivity contribution in [3.05, 3.63) is 37.3 Å². The summed E-state index contributed by atoms with van der Waals surface area (Å²) in [5.74, 6) is 1.29. The van der Waals surface area contributed by atoms with Crippen molar-refractivity contribution in [2.24, 2.45) is 0 Å². The van der Waals surface area contributed by atoms with Crippen LogP contribution in [0, 0.1) is 0 Å². The topological polar surface area (TPSA) is 42.5 Å². The molecule has 0 aromatic rings. The van der Waals surface area contributed by atoms with E-state index >= 15 is 0 Å². The maximum absolute atomic E-state index is 4.76. The van der Waals surface area contributed by atoms with E-state index in [1.54, 1.807) is 0 Å². The molecule has 0 heterocycles. The van der Waals surface area contributed by atoms with Crippen LogP contribution in [0.5, 0.6) is 0 Å². The third-order valence-electron chi connectivity index (χ3n) is 1.07. The standard InChI is InChI=1S/C8H14N2O2/c1-6(9-7(2)11-4)10-8(3)12-5/h9-10H,1-3H2,4-5H3. The van der Waals surface area contributed by atoms with Crippen LogP contribution in [0.25, 0.3) is 0 Å². The summed E-state index contributed by atoms with van der Waals surface area (Å²) < 4.78 is 9.52. The van der Waals surface area contributed by atoms with Crippen LogP contribution in [0.4, 0.5) is 0 Å². The predicted molar refractivity (Wildman–Crippen MR) is 47.7 cm³/mol. The summed E-state index contributed by atoms with van der Waals surface area (Å²) in [5, 5.41) is 5.46. The molecule has 2 N–H and O–H groups in total. The quantitative estimate of drug-likeness (QED) is 0.580. The summed E-state index contributed by atoms with van der Waals surface area (Å²) in [4.78, 5) is 0. The molecule has 0 radical (unpaired) electrons. The molecule has 12 heavy (non-hydrogen) atoms. The van der Waals surface area contributed by atoms with E-state index in [1.165, 1.54) is 14.2 Å². The Morgan fingerprint density at radius 1 is 0.917 bits per heavy atom. The van der Waals surface area contributed by atoms with Gasteiger partial charge in [0.2, 0.25) is 0 Å². The second-order valence-electron chi connectivity index (χ2n) is 1.98. The highest BCUT2D eigenvalue weighted by Gasteiger charge is 1.96. The molecule has 0 aliphatic rings. The molecule has 0 aromatic carbocycles. The number of methoxy groups -OCH3 is 2. The lowest BCUT2D eigenvalue weighted by molar-refractivity contribution is 0.255. The minimum Gasteiger partial charge on any atom is -0.483 e. The van der Waals surface area contributed by atoms with Gasteiger partial charge in [0.25, 0.3) is 0 Å². The van der Waals surface area contributed by atoms with Crippen LogP contribution in [-0.4, -0.2) is 14.2 Å². The molecule has 68 valence electrons. The normalized spacial score (nSPS) is 8.17. The van der Waals surface area contributed by atoms with Crippen molar-refractivity contribution in [1.29, 1.82) is 0 Å². The molecule has 4 heteroatoms. The zero-order valence-corrected chi connectivity index (χ0v) is 7.44. The molecule has 0 atom stereocenters. The zero-order valence-electron chi connectivity index (χ0n) is 7.44. The van der Waals surface area contributed by atoms with Gasteiger partial charge < -0.3 is 20.1 Å². The van der Waals surface area contributed by atoms with Gasteiger partial charge in [-0.05, 0) is 13.2 Å². The van der Waals surface area contributed by atoms with Gasteiger partial charge in [-0.3, -0.25) is 0 Å². The van der Waals surface area contributed by atoms with Crippen LogP contribution in [-0.2, 0) is 9.47 Å². The first kappa shape index (κ1) is 10.4. The molecular weight excluding hydrogens is 156 g/mol. The number of ether oxygens (including phenoxy) is 2. The van der Waals surface area contributed by atoms with E-state index in [2.05, 4.69) is 30.4 Å². The molecule has 0 saturated carbocycles. The number of hydrogen-bond donors (Lipinski definition) is 2. The zero-order chi connectivity index (χ0) is 9.56. The van der Waals surface area contributed by atoms with E-state index in [0.717, 1.165) is 0 Å². The molecule has 0 aliphatic carbocycles. The molecule has 0 saturated heterocycles. The highest BCUT2D eigenvalue weighted by molar-refractivity contribution is 5.02. The summed E-state index contributed by atoms with van der Waals surface area (Å²) in [6.07, 6.45) is 0. The smallest absolute Gasteiger partial charge is 0.184 e. The van der Waals surface area contributed by atoms with Crippen molar-refractivity contribution in [3.63, 3.8) is 0 Å². The van der Waals surface area contributed by atoms with Gasteiger partial charge in [0.05, 0.1) is 14.2 Å². The van der Waals surface area contributed by atoms with Gasteiger partial charge in [-0.2, -0.15) is 0 Å². The van der Waals surface area contributed by atoms with Crippen molar-refractivity contribution < 1.29 is 9.47 Å². The fourth-order valence-corrected chi connectivity index (χ4v) is 0.470.